The van der Waals surface area contributed by atoms with Gasteiger partial charge in [0.1, 0.15) is 18.2 Å². The molecule has 1 saturated carbocycles. The van der Waals surface area contributed by atoms with Gasteiger partial charge in [0.25, 0.3) is 5.69 Å². The second kappa shape index (κ2) is 6.10. The van der Waals surface area contributed by atoms with E-state index in [1.54, 1.807) is 11.0 Å². The Hall–Kier alpha value is -2.65. The van der Waals surface area contributed by atoms with Gasteiger partial charge >= 0.3 is 6.18 Å². The summed E-state index contributed by atoms with van der Waals surface area (Å²) in [4.78, 5) is 13.6. The minimum atomic E-state index is -4.77. The minimum absolute atomic E-state index is 0.0426. The fourth-order valence-corrected chi connectivity index (χ4v) is 2.84. The number of hydrogen-bond donors (Lipinski definition) is 1. The van der Waals surface area contributed by atoms with Gasteiger partial charge in [-0.05, 0) is 30.9 Å². The van der Waals surface area contributed by atoms with Gasteiger partial charge < -0.3 is 5.32 Å². The first-order chi connectivity index (χ1) is 11.3. The molecular weight excluding hydrogens is 327 g/mol. The van der Waals surface area contributed by atoms with Gasteiger partial charge in [-0.3, -0.25) is 14.8 Å². The van der Waals surface area contributed by atoms with Gasteiger partial charge in [-0.25, -0.2) is 4.98 Å². The Morgan fingerprint density at radius 3 is 2.71 bits per heavy atom. The molecule has 0 atom stereocenters. The zero-order valence-electron chi connectivity index (χ0n) is 12.4. The molecule has 1 N–H and O–H groups in total. The topological polar surface area (TPSA) is 85.9 Å². The molecule has 0 unspecified atom stereocenters. The lowest BCUT2D eigenvalue weighted by molar-refractivity contribution is -0.388. The van der Waals surface area contributed by atoms with E-state index < -0.39 is 22.4 Å². The molecule has 1 fully saturated rings. The van der Waals surface area contributed by atoms with Crippen LogP contribution in [-0.4, -0.2) is 25.7 Å². The average molecular weight is 341 g/mol. The van der Waals surface area contributed by atoms with Crippen molar-refractivity contribution in [2.75, 3.05) is 5.32 Å². The lowest BCUT2D eigenvalue weighted by atomic mass is 9.80. The third-order valence-electron chi connectivity index (χ3n) is 4.02. The summed E-state index contributed by atoms with van der Waals surface area (Å²) in [6.07, 6.45) is -0.123. The van der Waals surface area contributed by atoms with E-state index >= 15 is 0 Å². The standard InChI is InChI=1S/C14H14F3N5O2/c15-14(16,17)12-5-10(1-2-13(12)22(23)24)20-11-3-9(4-11)6-21-8-18-7-19-21/h1-2,5,7-9,11,20H,3-4,6H2. The number of rotatable bonds is 5. The highest BCUT2D eigenvalue weighted by molar-refractivity contribution is 5.55. The molecule has 0 spiro atoms. The van der Waals surface area contributed by atoms with Crippen molar-refractivity contribution in [3.05, 3.63) is 46.5 Å². The summed E-state index contributed by atoms with van der Waals surface area (Å²) in [6.45, 7) is 0.715. The van der Waals surface area contributed by atoms with Crippen molar-refractivity contribution in [2.24, 2.45) is 5.92 Å². The van der Waals surface area contributed by atoms with E-state index in [0.717, 1.165) is 25.0 Å². The van der Waals surface area contributed by atoms with E-state index in [1.807, 2.05) is 0 Å². The van der Waals surface area contributed by atoms with E-state index in [-0.39, 0.29) is 11.7 Å². The molecule has 1 heterocycles. The molecule has 128 valence electrons. The summed E-state index contributed by atoms with van der Waals surface area (Å²) >= 11 is 0. The molecule has 0 saturated heterocycles. The Morgan fingerprint density at radius 2 is 2.12 bits per heavy atom. The zero-order valence-corrected chi connectivity index (χ0v) is 12.4. The van der Waals surface area contributed by atoms with Gasteiger partial charge in [0.05, 0.1) is 4.92 Å². The highest BCUT2D eigenvalue weighted by Gasteiger charge is 2.39. The molecule has 0 amide bonds. The molecule has 1 aromatic carbocycles. The van der Waals surface area contributed by atoms with Crippen LogP contribution in [0.4, 0.5) is 24.5 Å². The summed E-state index contributed by atoms with van der Waals surface area (Å²) in [6, 6.07) is 3.03. The zero-order chi connectivity index (χ0) is 17.3. The third-order valence-corrected chi connectivity index (χ3v) is 4.02. The predicted molar refractivity (Wildman–Crippen MR) is 78.3 cm³/mol. The van der Waals surface area contributed by atoms with Gasteiger partial charge in [0.15, 0.2) is 0 Å². The van der Waals surface area contributed by atoms with Crippen molar-refractivity contribution < 1.29 is 18.1 Å². The average Bonchev–Trinajstić information content (AvgIpc) is 2.96. The molecule has 3 rings (SSSR count). The maximum Gasteiger partial charge on any atom is 0.423 e. The van der Waals surface area contributed by atoms with Crippen LogP contribution in [0.15, 0.2) is 30.9 Å². The van der Waals surface area contributed by atoms with Gasteiger partial charge in [-0.1, -0.05) is 0 Å². The fraction of sp³-hybridized carbons (Fsp3) is 0.429. The molecule has 24 heavy (non-hydrogen) atoms. The van der Waals surface area contributed by atoms with Crippen LogP contribution in [0.25, 0.3) is 0 Å². The Morgan fingerprint density at radius 1 is 1.38 bits per heavy atom. The number of anilines is 1. The number of hydrogen-bond acceptors (Lipinski definition) is 5. The van der Waals surface area contributed by atoms with Crippen LogP contribution in [0, 0.1) is 16.0 Å². The van der Waals surface area contributed by atoms with Gasteiger partial charge in [-0.2, -0.15) is 18.3 Å². The maximum absolute atomic E-state index is 12.9. The monoisotopic (exact) mass is 341 g/mol. The van der Waals surface area contributed by atoms with Crippen molar-refractivity contribution in [1.29, 1.82) is 0 Å². The first-order valence-electron chi connectivity index (χ1n) is 7.27. The molecule has 1 aromatic heterocycles. The van der Waals surface area contributed by atoms with Crippen LogP contribution >= 0.6 is 0 Å². The summed E-state index contributed by atoms with van der Waals surface area (Å²) in [5.74, 6) is 0.379. The van der Waals surface area contributed by atoms with Crippen molar-refractivity contribution >= 4 is 11.4 Å². The van der Waals surface area contributed by atoms with Gasteiger partial charge in [-0.15, -0.1) is 0 Å². The van der Waals surface area contributed by atoms with Crippen LogP contribution in [0.1, 0.15) is 18.4 Å². The van der Waals surface area contributed by atoms with Crippen LogP contribution < -0.4 is 5.32 Å². The SMILES string of the molecule is O=[N+]([O-])c1ccc(NC2CC(Cn3cncn3)C2)cc1C(F)(F)F. The van der Waals surface area contributed by atoms with Crippen LogP contribution in [-0.2, 0) is 12.7 Å². The van der Waals surface area contributed by atoms with Gasteiger partial charge in [0, 0.05) is 24.3 Å². The summed E-state index contributed by atoms with van der Waals surface area (Å²) < 4.78 is 40.6. The largest absolute Gasteiger partial charge is 0.423 e. The number of nitro benzene ring substituents is 1. The molecule has 1 aliphatic carbocycles. The Labute approximate surface area is 134 Å². The summed E-state index contributed by atoms with van der Waals surface area (Å²) in [7, 11) is 0. The fourth-order valence-electron chi connectivity index (χ4n) is 2.84. The number of aromatic nitrogens is 3. The number of nitrogens with zero attached hydrogens (tertiary/aromatic N) is 4. The Balaban J connectivity index is 1.63. The third kappa shape index (κ3) is 3.47. The van der Waals surface area contributed by atoms with Crippen LogP contribution in [0.2, 0.25) is 0 Å². The summed E-state index contributed by atoms with van der Waals surface area (Å²) in [5.41, 5.74) is -1.95. The second-order valence-corrected chi connectivity index (χ2v) is 5.78. The van der Waals surface area contributed by atoms with E-state index in [4.69, 9.17) is 0 Å². The number of halogens is 3. The molecule has 7 nitrogen and oxygen atoms in total. The van der Waals surface area contributed by atoms with Crippen LogP contribution in [0.3, 0.4) is 0 Å². The number of nitro groups is 1. The minimum Gasteiger partial charge on any atom is -0.382 e. The molecule has 2 aromatic rings. The maximum atomic E-state index is 12.9. The van der Waals surface area contributed by atoms with E-state index in [2.05, 4.69) is 15.4 Å². The normalized spacial score (nSPS) is 20.5. The second-order valence-electron chi connectivity index (χ2n) is 5.78. The molecule has 0 aliphatic heterocycles. The smallest absolute Gasteiger partial charge is 0.382 e. The molecule has 0 bridgehead atoms. The van der Waals surface area contributed by atoms with Crippen molar-refractivity contribution in [1.82, 2.24) is 14.8 Å². The number of benzene rings is 1. The number of nitrogens with one attached hydrogen (secondary N) is 1. The lowest BCUT2D eigenvalue weighted by Crippen LogP contribution is -2.37. The Kier molecular flexibility index (Phi) is 4.12. The van der Waals surface area contributed by atoms with E-state index in [9.17, 15) is 23.3 Å². The highest BCUT2D eigenvalue weighted by atomic mass is 19.4. The van der Waals surface area contributed by atoms with Crippen molar-refractivity contribution in [2.45, 2.75) is 31.6 Å². The van der Waals surface area contributed by atoms with E-state index in [0.29, 0.717) is 12.5 Å². The molecule has 0 radical (unpaired) electrons. The quantitative estimate of drug-likeness (QED) is 0.667. The van der Waals surface area contributed by atoms with E-state index in [1.165, 1.54) is 12.4 Å². The van der Waals surface area contributed by atoms with Crippen molar-refractivity contribution in [3.8, 4) is 0 Å². The van der Waals surface area contributed by atoms with Crippen molar-refractivity contribution in [3.63, 3.8) is 0 Å². The molecular formula is C14H14F3N5O2. The van der Waals surface area contributed by atoms with Gasteiger partial charge in [0.2, 0.25) is 0 Å². The first kappa shape index (κ1) is 16.2. The Bertz CT molecular complexity index is 727. The number of alkyl halides is 3. The molecule has 10 heteroatoms. The lowest BCUT2D eigenvalue weighted by Gasteiger charge is -2.36. The summed E-state index contributed by atoms with van der Waals surface area (Å²) in [5, 5.41) is 17.7. The predicted octanol–water partition coefficient (Wildman–Crippen LogP) is 3.10. The van der Waals surface area contributed by atoms with Crippen LogP contribution in [0.5, 0.6) is 0 Å². The highest BCUT2D eigenvalue weighted by Crippen LogP contribution is 2.38. The molecule has 1 aliphatic rings. The first-order valence-corrected chi connectivity index (χ1v) is 7.27.